The largest absolute Gasteiger partial charge is 0.497 e. The van der Waals surface area contributed by atoms with Crippen LogP contribution in [0, 0.1) is 0 Å². The van der Waals surface area contributed by atoms with Crippen molar-refractivity contribution in [3.63, 3.8) is 0 Å². The van der Waals surface area contributed by atoms with E-state index < -0.39 is 17.3 Å². The lowest BCUT2D eigenvalue weighted by atomic mass is 9.78. The Morgan fingerprint density at radius 3 is 2.45 bits per heavy atom. The zero-order valence-corrected chi connectivity index (χ0v) is 18.8. The molecule has 2 fully saturated rings. The molecule has 2 aromatic carbocycles. The third-order valence-corrected chi connectivity index (χ3v) is 6.77. The molecule has 0 spiro atoms. The van der Waals surface area contributed by atoms with Crippen LogP contribution in [-0.2, 0) is 27.8 Å². The van der Waals surface area contributed by atoms with E-state index >= 15 is 0 Å². The van der Waals surface area contributed by atoms with Gasteiger partial charge >= 0.3 is 12.1 Å². The maximum atomic E-state index is 13.2. The average Bonchev–Trinajstić information content (AvgIpc) is 2.99. The van der Waals surface area contributed by atoms with Crippen LogP contribution in [0.4, 0.5) is 13.2 Å². The van der Waals surface area contributed by atoms with Crippen molar-refractivity contribution in [2.75, 3.05) is 13.7 Å². The highest BCUT2D eigenvalue weighted by Gasteiger charge is 2.51. The Kier molecular flexibility index (Phi) is 6.52. The normalized spacial score (nSPS) is 24.2. The molecule has 0 unspecified atom stereocenters. The molecule has 2 aliphatic heterocycles. The first-order chi connectivity index (χ1) is 15.7. The molecular formula is C26H28F3NO3. The van der Waals surface area contributed by atoms with Crippen molar-refractivity contribution in [3.8, 4) is 5.75 Å². The van der Waals surface area contributed by atoms with E-state index in [-0.39, 0.29) is 12.0 Å². The van der Waals surface area contributed by atoms with Crippen molar-refractivity contribution in [2.45, 2.75) is 56.9 Å². The van der Waals surface area contributed by atoms with E-state index in [2.05, 4.69) is 4.90 Å². The molecule has 0 amide bonds. The number of benzene rings is 2. The molecule has 2 heterocycles. The van der Waals surface area contributed by atoms with E-state index in [0.717, 1.165) is 53.8 Å². The first-order valence-electron chi connectivity index (χ1n) is 11.2. The van der Waals surface area contributed by atoms with Crippen LogP contribution in [0.5, 0.6) is 5.75 Å². The smallest absolute Gasteiger partial charge is 0.416 e. The van der Waals surface area contributed by atoms with Gasteiger partial charge in [-0.15, -0.1) is 0 Å². The zero-order valence-electron chi connectivity index (χ0n) is 18.8. The topological polar surface area (TPSA) is 38.8 Å². The van der Waals surface area contributed by atoms with Gasteiger partial charge in [0.05, 0.1) is 24.8 Å². The molecule has 2 bridgehead atoms. The number of fused-ring (bicyclic) bond motifs is 2. The molecule has 33 heavy (non-hydrogen) atoms. The summed E-state index contributed by atoms with van der Waals surface area (Å²) in [6.45, 7) is 2.74. The standard InChI is InChI=1S/C26H28F3NO3/c1-3-33-24(31)15-19-14-22-12-13-25(16-19,20-6-8-21(9-7-20)26(27,28)29)30(22)17-18-4-10-23(32-2)11-5-18/h4-11,15,22H,3,12-14,16-17H2,1-2H3/t22-,25+/m1/s1. The highest BCUT2D eigenvalue weighted by Crippen LogP contribution is 2.53. The summed E-state index contributed by atoms with van der Waals surface area (Å²) >= 11 is 0. The molecule has 2 aromatic rings. The fraction of sp³-hybridized carbons (Fsp3) is 0.423. The summed E-state index contributed by atoms with van der Waals surface area (Å²) in [5.41, 5.74) is 1.82. The monoisotopic (exact) mass is 459 g/mol. The van der Waals surface area contributed by atoms with Gasteiger partial charge in [-0.25, -0.2) is 4.79 Å². The molecule has 0 aromatic heterocycles. The highest BCUT2D eigenvalue weighted by atomic mass is 19.4. The Hall–Kier alpha value is -2.80. The number of rotatable bonds is 6. The van der Waals surface area contributed by atoms with E-state index in [1.54, 1.807) is 32.2 Å². The Bertz CT molecular complexity index is 1010. The molecule has 7 heteroatoms. The Balaban J connectivity index is 1.70. The molecule has 4 nitrogen and oxygen atoms in total. The van der Waals surface area contributed by atoms with E-state index in [4.69, 9.17) is 9.47 Å². The van der Waals surface area contributed by atoms with Crippen molar-refractivity contribution in [2.24, 2.45) is 0 Å². The number of hydrogen-bond donors (Lipinski definition) is 0. The quantitative estimate of drug-likeness (QED) is 0.401. The summed E-state index contributed by atoms with van der Waals surface area (Å²) in [6.07, 6.45) is 0.266. The summed E-state index contributed by atoms with van der Waals surface area (Å²) in [5, 5.41) is 0. The Morgan fingerprint density at radius 1 is 1.15 bits per heavy atom. The van der Waals surface area contributed by atoms with Crippen molar-refractivity contribution in [3.05, 3.63) is 76.9 Å². The van der Waals surface area contributed by atoms with Gasteiger partial charge in [-0.3, -0.25) is 4.90 Å². The summed E-state index contributed by atoms with van der Waals surface area (Å²) in [7, 11) is 1.62. The van der Waals surface area contributed by atoms with Gasteiger partial charge < -0.3 is 9.47 Å². The number of carbonyl (C=O) groups excluding carboxylic acids is 1. The molecule has 2 saturated heterocycles. The van der Waals surface area contributed by atoms with Crippen molar-refractivity contribution in [1.82, 2.24) is 4.90 Å². The van der Waals surface area contributed by atoms with Crippen LogP contribution in [0.15, 0.2) is 60.2 Å². The lowest BCUT2D eigenvalue weighted by molar-refractivity contribution is -0.138. The van der Waals surface area contributed by atoms with E-state index in [9.17, 15) is 18.0 Å². The van der Waals surface area contributed by atoms with Crippen molar-refractivity contribution in [1.29, 1.82) is 0 Å². The number of nitrogens with zero attached hydrogens (tertiary/aromatic N) is 1. The predicted octanol–water partition coefficient (Wildman–Crippen LogP) is 5.86. The van der Waals surface area contributed by atoms with Gasteiger partial charge in [0, 0.05) is 18.7 Å². The number of ether oxygens (including phenoxy) is 2. The SMILES string of the molecule is CCOC(=O)C=C1C[C@H]2CC[C@@](c3ccc(C(F)(F)F)cc3)(C1)N2Cc1ccc(OC)cc1. The molecule has 2 atom stereocenters. The number of hydrogen-bond acceptors (Lipinski definition) is 4. The van der Waals surface area contributed by atoms with Gasteiger partial charge in [-0.05, 0) is 68.0 Å². The molecule has 176 valence electrons. The van der Waals surface area contributed by atoms with Gasteiger partial charge in [0.1, 0.15) is 5.75 Å². The fourth-order valence-electron chi connectivity index (χ4n) is 5.26. The van der Waals surface area contributed by atoms with Gasteiger partial charge in [-0.2, -0.15) is 13.2 Å². The number of alkyl halides is 3. The number of carbonyl (C=O) groups is 1. The Labute approximate surface area is 192 Å². The van der Waals surface area contributed by atoms with Crippen LogP contribution in [0.3, 0.4) is 0 Å². The molecule has 4 rings (SSSR count). The summed E-state index contributed by atoms with van der Waals surface area (Å²) in [4.78, 5) is 14.5. The predicted molar refractivity (Wildman–Crippen MR) is 119 cm³/mol. The van der Waals surface area contributed by atoms with Gasteiger partial charge in [-0.1, -0.05) is 29.8 Å². The number of halogens is 3. The number of piperidine rings is 1. The minimum atomic E-state index is -4.38. The second-order valence-electron chi connectivity index (χ2n) is 8.71. The highest BCUT2D eigenvalue weighted by molar-refractivity contribution is 5.83. The average molecular weight is 460 g/mol. The molecule has 0 aliphatic carbocycles. The van der Waals surface area contributed by atoms with Crippen molar-refractivity contribution < 1.29 is 27.4 Å². The van der Waals surface area contributed by atoms with Crippen LogP contribution < -0.4 is 4.74 Å². The first kappa shape index (κ1) is 23.4. The molecular weight excluding hydrogens is 431 g/mol. The molecule has 2 aliphatic rings. The van der Waals surface area contributed by atoms with Crippen LogP contribution in [0.25, 0.3) is 0 Å². The van der Waals surface area contributed by atoms with Gasteiger partial charge in [0.15, 0.2) is 0 Å². The third kappa shape index (κ3) is 4.78. The minimum absolute atomic E-state index is 0.198. The number of methoxy groups -OCH3 is 1. The second-order valence-corrected chi connectivity index (χ2v) is 8.71. The fourth-order valence-corrected chi connectivity index (χ4v) is 5.26. The lowest BCUT2D eigenvalue weighted by Gasteiger charge is -2.46. The van der Waals surface area contributed by atoms with Crippen LogP contribution in [0.2, 0.25) is 0 Å². The van der Waals surface area contributed by atoms with E-state index in [1.165, 1.54) is 0 Å². The summed E-state index contributed by atoms with van der Waals surface area (Å²) in [6, 6.07) is 13.6. The van der Waals surface area contributed by atoms with Gasteiger partial charge in [0.2, 0.25) is 0 Å². The minimum Gasteiger partial charge on any atom is -0.497 e. The third-order valence-electron chi connectivity index (χ3n) is 6.77. The maximum absolute atomic E-state index is 13.2. The second kappa shape index (κ2) is 9.21. The van der Waals surface area contributed by atoms with Crippen molar-refractivity contribution >= 4 is 5.97 Å². The molecule has 0 radical (unpaired) electrons. The van der Waals surface area contributed by atoms with Crippen LogP contribution >= 0.6 is 0 Å². The zero-order chi connectivity index (χ0) is 23.6. The first-order valence-corrected chi connectivity index (χ1v) is 11.2. The van der Waals surface area contributed by atoms with E-state index in [1.807, 2.05) is 24.3 Å². The summed E-state index contributed by atoms with van der Waals surface area (Å²) in [5.74, 6) is 0.413. The summed E-state index contributed by atoms with van der Waals surface area (Å²) < 4.78 is 49.9. The van der Waals surface area contributed by atoms with Crippen LogP contribution in [-0.4, -0.2) is 30.6 Å². The Morgan fingerprint density at radius 2 is 1.85 bits per heavy atom. The van der Waals surface area contributed by atoms with Gasteiger partial charge in [0.25, 0.3) is 0 Å². The molecule has 0 N–H and O–H groups in total. The van der Waals surface area contributed by atoms with Crippen LogP contribution in [0.1, 0.15) is 49.3 Å². The lowest BCUT2D eigenvalue weighted by Crippen LogP contribution is -2.48. The maximum Gasteiger partial charge on any atom is 0.416 e. The molecule has 0 saturated carbocycles. The number of esters is 1. The van der Waals surface area contributed by atoms with E-state index in [0.29, 0.717) is 19.6 Å².